The van der Waals surface area contributed by atoms with Crippen LogP contribution in [0.2, 0.25) is 0 Å². The van der Waals surface area contributed by atoms with Crippen LogP contribution in [0.1, 0.15) is 59.3 Å². The fourth-order valence-corrected chi connectivity index (χ4v) is 8.57. The van der Waals surface area contributed by atoms with Gasteiger partial charge in [0.05, 0.1) is 12.2 Å². The highest BCUT2D eigenvalue weighted by Crippen LogP contribution is 2.69. The van der Waals surface area contributed by atoms with E-state index in [1.54, 1.807) is 12.2 Å². The van der Waals surface area contributed by atoms with Gasteiger partial charge in [0, 0.05) is 16.7 Å². The minimum absolute atomic E-state index is 0.0168. The van der Waals surface area contributed by atoms with Gasteiger partial charge < -0.3 is 24.6 Å². The van der Waals surface area contributed by atoms with E-state index < -0.39 is 65.9 Å². The Bertz CT molecular complexity index is 1140. The number of hydrogen-bond donors (Lipinski definition) is 5. The maximum atomic E-state index is 14.0. The van der Waals surface area contributed by atoms with Crippen molar-refractivity contribution < 1.29 is 38.5 Å². The van der Waals surface area contributed by atoms with Crippen molar-refractivity contribution >= 4 is 23.6 Å². The smallest absolute Gasteiger partial charge is 0.408 e. The molecule has 4 aliphatic carbocycles. The second kappa shape index (κ2) is 10.6. The first kappa shape index (κ1) is 28.9. The number of aliphatic hydroxyl groups is 1. The number of fused-ring (bicyclic) bond motifs is 7. The van der Waals surface area contributed by atoms with Gasteiger partial charge in [-0.05, 0) is 56.1 Å². The van der Waals surface area contributed by atoms with E-state index in [4.69, 9.17) is 20.1 Å². The van der Waals surface area contributed by atoms with E-state index in [1.807, 2.05) is 25.5 Å². The molecule has 1 heterocycles. The molecule has 1 saturated heterocycles. The number of alkyl carbamates (subject to hydrolysis) is 1. The van der Waals surface area contributed by atoms with Crippen LogP contribution in [0.5, 0.6) is 0 Å². The summed E-state index contributed by atoms with van der Waals surface area (Å²) < 4.78 is 18.1. The standard InChI is InChI=1S/C28H40N4O8/c1-4-5-23-39-21-11-18-17-7-6-15-10-16(33)8-9-26(15,2)24(17)19(34)12-27(18,3)28(21,40-23)20(35)14-38-25(37)30-13-22(36)31-32-29/h8-10,17-19,21,23-24,32,34H,4-7,11-14,29H2,1-3H3,(H,30,37)(H,31,36). The van der Waals surface area contributed by atoms with Crippen LogP contribution in [-0.4, -0.2) is 65.9 Å². The number of hydrazine groups is 2. The highest BCUT2D eigenvalue weighted by Gasteiger charge is 2.75. The normalized spacial score (nSPS) is 41.2. The third-order valence-electron chi connectivity index (χ3n) is 10.2. The van der Waals surface area contributed by atoms with Crippen molar-refractivity contribution in [3.8, 4) is 0 Å². The van der Waals surface area contributed by atoms with Gasteiger partial charge in [0.15, 0.2) is 24.3 Å². The molecule has 1 aliphatic heterocycles. The number of carbonyl (C=O) groups excluding carboxylic acids is 4. The van der Waals surface area contributed by atoms with Gasteiger partial charge in [-0.15, -0.1) is 0 Å². The lowest BCUT2D eigenvalue weighted by Gasteiger charge is -2.59. The minimum atomic E-state index is -1.39. The zero-order chi connectivity index (χ0) is 28.9. The number of nitrogens with two attached hydrogens (primary N) is 1. The van der Waals surface area contributed by atoms with Gasteiger partial charge in [-0.2, -0.15) is 5.53 Å². The van der Waals surface area contributed by atoms with Gasteiger partial charge in [-0.3, -0.25) is 25.7 Å². The van der Waals surface area contributed by atoms with E-state index in [9.17, 15) is 24.3 Å². The van der Waals surface area contributed by atoms with Crippen molar-refractivity contribution in [2.24, 2.45) is 34.4 Å². The lowest BCUT2D eigenvalue weighted by molar-refractivity contribution is -0.200. The van der Waals surface area contributed by atoms with E-state index in [1.165, 1.54) is 0 Å². The molecule has 220 valence electrons. The Morgan fingerprint density at radius 2 is 2.05 bits per heavy atom. The number of Topliss-reactive ketones (excluding diaryl/α,β-unsaturated/α-hetero) is 1. The van der Waals surface area contributed by atoms with Crippen molar-refractivity contribution in [3.05, 3.63) is 23.8 Å². The first-order valence-electron chi connectivity index (χ1n) is 14.1. The molecule has 9 atom stereocenters. The molecule has 5 aliphatic rings. The fraction of sp³-hybridized carbons (Fsp3) is 0.714. The van der Waals surface area contributed by atoms with Crippen molar-refractivity contribution in [3.63, 3.8) is 0 Å². The molecule has 4 fully saturated rings. The van der Waals surface area contributed by atoms with Gasteiger partial charge in [0.25, 0.3) is 5.91 Å². The summed E-state index contributed by atoms with van der Waals surface area (Å²) in [4.78, 5) is 50.0. The molecule has 5 rings (SSSR count). The molecule has 9 unspecified atom stereocenters. The number of aliphatic hydroxyl groups excluding tert-OH is 1. The average molecular weight is 561 g/mol. The number of carbonyl (C=O) groups is 4. The summed E-state index contributed by atoms with van der Waals surface area (Å²) in [6, 6.07) is 0. The predicted molar refractivity (Wildman–Crippen MR) is 141 cm³/mol. The van der Waals surface area contributed by atoms with Crippen LogP contribution < -0.4 is 22.1 Å². The highest BCUT2D eigenvalue weighted by atomic mass is 16.7. The molecule has 0 aromatic heterocycles. The molecule has 2 amide bonds. The number of rotatable bonds is 8. The second-order valence-corrected chi connectivity index (χ2v) is 12.2. The molecule has 0 spiro atoms. The van der Waals surface area contributed by atoms with E-state index >= 15 is 0 Å². The second-order valence-electron chi connectivity index (χ2n) is 12.2. The quantitative estimate of drug-likeness (QED) is 0.212. The van der Waals surface area contributed by atoms with Crippen LogP contribution in [0, 0.1) is 28.6 Å². The number of amides is 2. The van der Waals surface area contributed by atoms with Crippen molar-refractivity contribution in [1.82, 2.24) is 16.3 Å². The Balaban J connectivity index is 1.40. The number of ether oxygens (including phenoxy) is 3. The lowest BCUT2D eigenvalue weighted by Crippen LogP contribution is -2.63. The van der Waals surface area contributed by atoms with Crippen molar-refractivity contribution in [1.29, 1.82) is 0 Å². The maximum absolute atomic E-state index is 14.0. The van der Waals surface area contributed by atoms with Gasteiger partial charge in [0.2, 0.25) is 5.78 Å². The number of ketones is 2. The Morgan fingerprint density at radius 1 is 1.27 bits per heavy atom. The van der Waals surface area contributed by atoms with Crippen molar-refractivity contribution in [2.45, 2.75) is 83.4 Å². The average Bonchev–Trinajstić information content (AvgIpc) is 3.38. The molecular weight excluding hydrogens is 520 g/mol. The van der Waals surface area contributed by atoms with E-state index in [0.717, 1.165) is 24.8 Å². The summed E-state index contributed by atoms with van der Waals surface area (Å²) in [5.41, 5.74) is 2.54. The summed E-state index contributed by atoms with van der Waals surface area (Å²) in [5.74, 6) is 3.98. The molecular formula is C28H40N4O8. The van der Waals surface area contributed by atoms with Gasteiger partial charge in [0.1, 0.15) is 6.54 Å². The Morgan fingerprint density at radius 3 is 2.77 bits per heavy atom. The summed E-state index contributed by atoms with van der Waals surface area (Å²) in [5, 5.41) is 14.0. The zero-order valence-corrected chi connectivity index (χ0v) is 23.2. The van der Waals surface area contributed by atoms with E-state index in [-0.39, 0.29) is 23.5 Å². The molecule has 12 nitrogen and oxygen atoms in total. The molecule has 0 aromatic rings. The van der Waals surface area contributed by atoms with Gasteiger partial charge >= 0.3 is 6.09 Å². The largest absolute Gasteiger partial charge is 0.441 e. The van der Waals surface area contributed by atoms with E-state index in [2.05, 4.69) is 17.7 Å². The fourth-order valence-electron chi connectivity index (χ4n) is 8.57. The first-order valence-corrected chi connectivity index (χ1v) is 14.1. The molecule has 12 heteroatoms. The predicted octanol–water partition coefficient (Wildman–Crippen LogP) is 0.945. The first-order chi connectivity index (χ1) is 19.0. The van der Waals surface area contributed by atoms with Crippen molar-refractivity contribution in [2.75, 3.05) is 13.2 Å². The van der Waals surface area contributed by atoms with Gasteiger partial charge in [-0.25, -0.2) is 4.79 Å². The number of allylic oxidation sites excluding steroid dienone is 4. The Kier molecular flexibility index (Phi) is 7.68. The maximum Gasteiger partial charge on any atom is 0.408 e. The Labute approximate surface area is 233 Å². The molecule has 40 heavy (non-hydrogen) atoms. The number of nitrogens with one attached hydrogen (secondary N) is 3. The van der Waals surface area contributed by atoms with Crippen LogP contribution in [0.3, 0.4) is 0 Å². The Hall–Kier alpha value is -2.64. The summed E-state index contributed by atoms with van der Waals surface area (Å²) >= 11 is 0. The minimum Gasteiger partial charge on any atom is -0.441 e. The summed E-state index contributed by atoms with van der Waals surface area (Å²) in [7, 11) is 0. The molecule has 6 N–H and O–H groups in total. The summed E-state index contributed by atoms with van der Waals surface area (Å²) in [6.45, 7) is 5.15. The van der Waals surface area contributed by atoms with Crippen LogP contribution in [0.4, 0.5) is 4.79 Å². The van der Waals surface area contributed by atoms with Gasteiger partial charge in [-0.1, -0.05) is 38.8 Å². The lowest BCUT2D eigenvalue weighted by atomic mass is 9.46. The third-order valence-corrected chi connectivity index (χ3v) is 10.2. The van der Waals surface area contributed by atoms with E-state index in [0.29, 0.717) is 19.3 Å². The topological polar surface area (TPSA) is 178 Å². The SMILES string of the molecule is CCCC1OC2CC3C4CCC5=CC(=O)C=CC5(C)C4C(O)CC3(C)C2(C(=O)COC(=O)NCC(=O)NNN)O1. The molecule has 0 bridgehead atoms. The highest BCUT2D eigenvalue weighted by molar-refractivity contribution is 6.01. The van der Waals surface area contributed by atoms with Crippen LogP contribution in [0.25, 0.3) is 0 Å². The molecule has 0 radical (unpaired) electrons. The monoisotopic (exact) mass is 560 g/mol. The van der Waals surface area contributed by atoms with Crippen LogP contribution in [0.15, 0.2) is 23.8 Å². The zero-order valence-electron chi connectivity index (χ0n) is 23.2. The molecule has 3 saturated carbocycles. The molecule has 0 aromatic carbocycles. The third kappa shape index (κ3) is 4.40. The van der Waals surface area contributed by atoms with Crippen LogP contribution in [-0.2, 0) is 28.6 Å². The summed E-state index contributed by atoms with van der Waals surface area (Å²) in [6.07, 6.45) is 6.32. The number of hydrogen-bond acceptors (Lipinski definition) is 10. The van der Waals surface area contributed by atoms with Crippen LogP contribution >= 0.6 is 0 Å².